The SMILES string of the molecule is CCOC(=O)c1[nH]c(C(=O)Nc2ccc([N+](=O)[O-])cc2)c(C(=O)OCC)c1C. The second-order valence-corrected chi connectivity index (χ2v) is 5.57. The van der Waals surface area contributed by atoms with Gasteiger partial charge in [-0.1, -0.05) is 0 Å². The van der Waals surface area contributed by atoms with Crippen LogP contribution in [0, 0.1) is 17.0 Å². The lowest BCUT2D eigenvalue weighted by atomic mass is 10.1. The molecule has 0 unspecified atom stereocenters. The molecule has 0 bridgehead atoms. The molecule has 1 amide bonds. The summed E-state index contributed by atoms with van der Waals surface area (Å²) in [4.78, 5) is 49.8. The van der Waals surface area contributed by atoms with Gasteiger partial charge in [-0.2, -0.15) is 0 Å². The van der Waals surface area contributed by atoms with Crippen LogP contribution in [0.2, 0.25) is 0 Å². The van der Waals surface area contributed by atoms with Crippen LogP contribution in [-0.4, -0.2) is 41.0 Å². The normalized spacial score (nSPS) is 10.2. The zero-order valence-electron chi connectivity index (χ0n) is 15.5. The number of aromatic amines is 1. The van der Waals surface area contributed by atoms with E-state index in [-0.39, 0.29) is 47.1 Å². The van der Waals surface area contributed by atoms with E-state index in [2.05, 4.69) is 10.3 Å². The van der Waals surface area contributed by atoms with Crippen molar-refractivity contribution >= 4 is 29.2 Å². The minimum atomic E-state index is -0.763. The number of carbonyl (C=O) groups is 3. The minimum absolute atomic E-state index is 0.0289. The van der Waals surface area contributed by atoms with Gasteiger partial charge in [0.1, 0.15) is 11.4 Å². The maximum Gasteiger partial charge on any atom is 0.355 e. The molecule has 10 nitrogen and oxygen atoms in total. The Morgan fingerprint density at radius 1 is 1.04 bits per heavy atom. The molecule has 0 spiro atoms. The molecule has 10 heteroatoms. The van der Waals surface area contributed by atoms with Crippen LogP contribution >= 0.6 is 0 Å². The fourth-order valence-corrected chi connectivity index (χ4v) is 2.49. The Morgan fingerprint density at radius 2 is 1.61 bits per heavy atom. The average molecular weight is 389 g/mol. The summed E-state index contributed by atoms with van der Waals surface area (Å²) in [6.07, 6.45) is 0. The molecule has 1 aromatic heterocycles. The number of ether oxygens (including phenoxy) is 2. The Balaban J connectivity index is 2.39. The minimum Gasteiger partial charge on any atom is -0.462 e. The molecule has 0 saturated carbocycles. The maximum absolute atomic E-state index is 12.7. The smallest absolute Gasteiger partial charge is 0.355 e. The van der Waals surface area contributed by atoms with Crippen LogP contribution < -0.4 is 5.32 Å². The standard InChI is InChI=1S/C18H19N3O7/c1-4-27-17(23)13-10(3)14(18(24)28-5-2)20-15(13)16(22)19-11-6-8-12(9-7-11)21(25)26/h6-9,20H,4-5H2,1-3H3,(H,19,22). The molecule has 2 aromatic rings. The Bertz CT molecular complexity index is 916. The van der Waals surface area contributed by atoms with Gasteiger partial charge in [0.25, 0.3) is 11.6 Å². The number of anilines is 1. The largest absolute Gasteiger partial charge is 0.462 e. The summed E-state index contributed by atoms with van der Waals surface area (Å²) in [5.41, 5.74) is 0.0899. The quantitative estimate of drug-likeness (QED) is 0.421. The van der Waals surface area contributed by atoms with Crippen molar-refractivity contribution in [1.29, 1.82) is 0 Å². The first-order valence-corrected chi connectivity index (χ1v) is 8.42. The lowest BCUT2D eigenvalue weighted by molar-refractivity contribution is -0.384. The Hall–Kier alpha value is -3.69. The molecular formula is C18H19N3O7. The highest BCUT2D eigenvalue weighted by Gasteiger charge is 2.29. The monoisotopic (exact) mass is 389 g/mol. The van der Waals surface area contributed by atoms with Crippen molar-refractivity contribution in [3.8, 4) is 0 Å². The fraction of sp³-hybridized carbons (Fsp3) is 0.278. The number of rotatable bonds is 7. The van der Waals surface area contributed by atoms with Crippen molar-refractivity contribution in [3.63, 3.8) is 0 Å². The fourth-order valence-electron chi connectivity index (χ4n) is 2.49. The second-order valence-electron chi connectivity index (χ2n) is 5.57. The van der Waals surface area contributed by atoms with E-state index in [0.717, 1.165) is 0 Å². The van der Waals surface area contributed by atoms with Gasteiger partial charge in [-0.05, 0) is 38.5 Å². The number of nitrogens with zero attached hydrogens (tertiary/aromatic N) is 1. The number of benzene rings is 1. The van der Waals surface area contributed by atoms with Gasteiger partial charge < -0.3 is 19.8 Å². The predicted octanol–water partition coefficient (Wildman–Crippen LogP) is 2.84. The summed E-state index contributed by atoms with van der Waals surface area (Å²) in [5.74, 6) is -2.18. The topological polar surface area (TPSA) is 141 Å². The van der Waals surface area contributed by atoms with Crippen LogP contribution in [-0.2, 0) is 9.47 Å². The van der Waals surface area contributed by atoms with Crippen LogP contribution in [0.15, 0.2) is 24.3 Å². The van der Waals surface area contributed by atoms with E-state index < -0.39 is 22.8 Å². The number of nitrogens with one attached hydrogen (secondary N) is 2. The average Bonchev–Trinajstić information content (AvgIpc) is 3.00. The van der Waals surface area contributed by atoms with Crippen molar-refractivity contribution in [3.05, 3.63) is 56.9 Å². The molecule has 1 heterocycles. The van der Waals surface area contributed by atoms with Crippen molar-refractivity contribution in [1.82, 2.24) is 4.98 Å². The van der Waals surface area contributed by atoms with E-state index in [1.165, 1.54) is 31.2 Å². The van der Waals surface area contributed by atoms with E-state index in [1.807, 2.05) is 0 Å². The molecule has 148 valence electrons. The number of H-pyrrole nitrogens is 1. The highest BCUT2D eigenvalue weighted by Crippen LogP contribution is 2.23. The first kappa shape index (κ1) is 20.6. The van der Waals surface area contributed by atoms with Gasteiger partial charge in [0, 0.05) is 17.8 Å². The number of hydrogen-bond donors (Lipinski definition) is 2. The van der Waals surface area contributed by atoms with Crippen molar-refractivity contribution in [2.75, 3.05) is 18.5 Å². The highest BCUT2D eigenvalue weighted by molar-refractivity contribution is 6.12. The number of non-ortho nitro benzene ring substituents is 1. The Morgan fingerprint density at radius 3 is 2.14 bits per heavy atom. The van der Waals surface area contributed by atoms with Crippen molar-refractivity contribution in [2.45, 2.75) is 20.8 Å². The van der Waals surface area contributed by atoms with E-state index in [0.29, 0.717) is 0 Å². The van der Waals surface area contributed by atoms with Gasteiger partial charge >= 0.3 is 11.9 Å². The summed E-state index contributed by atoms with van der Waals surface area (Å²) < 4.78 is 9.91. The van der Waals surface area contributed by atoms with Gasteiger partial charge in [0.05, 0.1) is 23.7 Å². The number of hydrogen-bond acceptors (Lipinski definition) is 7. The number of amides is 1. The van der Waals surface area contributed by atoms with Gasteiger partial charge in [-0.25, -0.2) is 9.59 Å². The summed E-state index contributed by atoms with van der Waals surface area (Å²) in [5, 5.41) is 13.2. The third kappa shape index (κ3) is 4.34. The predicted molar refractivity (Wildman–Crippen MR) is 98.5 cm³/mol. The molecule has 0 saturated heterocycles. The number of esters is 2. The molecule has 0 aliphatic carbocycles. The van der Waals surface area contributed by atoms with Crippen LogP contribution in [0.1, 0.15) is 50.7 Å². The Kier molecular flexibility index (Phi) is 6.48. The molecule has 0 aliphatic heterocycles. The number of aromatic nitrogens is 1. The zero-order chi connectivity index (χ0) is 20.8. The van der Waals surface area contributed by atoms with Gasteiger partial charge in [0.15, 0.2) is 0 Å². The summed E-state index contributed by atoms with van der Waals surface area (Å²) in [6, 6.07) is 5.15. The first-order valence-electron chi connectivity index (χ1n) is 8.42. The number of carbonyl (C=O) groups excluding carboxylic acids is 3. The van der Waals surface area contributed by atoms with Crippen LogP contribution in [0.4, 0.5) is 11.4 Å². The van der Waals surface area contributed by atoms with Gasteiger partial charge in [0.2, 0.25) is 0 Å². The van der Waals surface area contributed by atoms with Gasteiger partial charge in [-0.15, -0.1) is 0 Å². The molecule has 28 heavy (non-hydrogen) atoms. The summed E-state index contributed by atoms with van der Waals surface area (Å²) >= 11 is 0. The van der Waals surface area contributed by atoms with Crippen LogP contribution in [0.25, 0.3) is 0 Å². The lowest BCUT2D eigenvalue weighted by Crippen LogP contribution is -2.17. The first-order chi connectivity index (χ1) is 13.3. The van der Waals surface area contributed by atoms with E-state index >= 15 is 0 Å². The van der Waals surface area contributed by atoms with E-state index in [1.54, 1.807) is 13.8 Å². The number of nitro groups is 1. The third-order valence-corrected chi connectivity index (χ3v) is 3.77. The third-order valence-electron chi connectivity index (χ3n) is 3.77. The van der Waals surface area contributed by atoms with Gasteiger partial charge in [-0.3, -0.25) is 14.9 Å². The maximum atomic E-state index is 12.7. The molecule has 0 atom stereocenters. The molecular weight excluding hydrogens is 370 g/mol. The molecule has 1 aromatic carbocycles. The zero-order valence-corrected chi connectivity index (χ0v) is 15.5. The summed E-state index contributed by atoms with van der Waals surface area (Å²) in [7, 11) is 0. The Labute approximate surface area is 160 Å². The van der Waals surface area contributed by atoms with Crippen molar-refractivity contribution in [2.24, 2.45) is 0 Å². The van der Waals surface area contributed by atoms with E-state index in [9.17, 15) is 24.5 Å². The lowest BCUT2D eigenvalue weighted by Gasteiger charge is -2.07. The van der Waals surface area contributed by atoms with E-state index in [4.69, 9.17) is 9.47 Å². The molecule has 2 N–H and O–H groups in total. The number of nitro benzene ring substituents is 1. The molecule has 0 aliphatic rings. The molecule has 0 radical (unpaired) electrons. The van der Waals surface area contributed by atoms with Crippen molar-refractivity contribution < 1.29 is 28.8 Å². The molecule has 2 rings (SSSR count). The second kappa shape index (κ2) is 8.80. The molecule has 0 fully saturated rings. The van der Waals surface area contributed by atoms with Crippen LogP contribution in [0.5, 0.6) is 0 Å². The van der Waals surface area contributed by atoms with Crippen LogP contribution in [0.3, 0.4) is 0 Å². The summed E-state index contributed by atoms with van der Waals surface area (Å²) in [6.45, 7) is 4.95. The highest BCUT2D eigenvalue weighted by atomic mass is 16.6.